The van der Waals surface area contributed by atoms with Gasteiger partial charge >= 0.3 is 5.97 Å². The lowest BCUT2D eigenvalue weighted by molar-refractivity contribution is -0.131. The fourth-order valence-electron chi connectivity index (χ4n) is 4.20. The molecule has 0 aliphatic carbocycles. The van der Waals surface area contributed by atoms with Crippen molar-refractivity contribution < 1.29 is 14.3 Å². The standard InChI is InChI=1S/C26H27NO3/c1-17-6-5-7-20(14-17)24-16-29-25-15-22(30-18(2)28)12-13-23(25)26(24)19-8-10-21(11-9-19)27(3)4/h5-15,24,26H,16H2,1-4H3. The van der Waals surface area contributed by atoms with E-state index < -0.39 is 0 Å². The monoisotopic (exact) mass is 401 g/mol. The minimum absolute atomic E-state index is 0.151. The molecule has 0 amide bonds. The van der Waals surface area contributed by atoms with Crippen LogP contribution in [-0.2, 0) is 4.79 Å². The first kappa shape index (κ1) is 20.0. The zero-order valence-corrected chi connectivity index (χ0v) is 17.9. The van der Waals surface area contributed by atoms with Gasteiger partial charge in [0.1, 0.15) is 11.5 Å². The molecule has 4 heteroatoms. The van der Waals surface area contributed by atoms with Gasteiger partial charge < -0.3 is 14.4 Å². The maximum Gasteiger partial charge on any atom is 0.308 e. The van der Waals surface area contributed by atoms with E-state index in [1.807, 2.05) is 32.3 Å². The number of hydrogen-bond donors (Lipinski definition) is 0. The number of carbonyl (C=O) groups is 1. The molecule has 0 saturated heterocycles. The molecule has 1 aliphatic heterocycles. The first-order valence-electron chi connectivity index (χ1n) is 10.2. The lowest BCUT2D eigenvalue weighted by atomic mass is 9.75. The summed E-state index contributed by atoms with van der Waals surface area (Å²) in [4.78, 5) is 13.5. The number of hydrogen-bond acceptors (Lipinski definition) is 4. The number of aryl methyl sites for hydroxylation is 1. The van der Waals surface area contributed by atoms with Gasteiger partial charge in [0.05, 0.1) is 6.61 Å². The Hall–Kier alpha value is -3.27. The predicted octanol–water partition coefficient (Wildman–Crippen LogP) is 5.29. The van der Waals surface area contributed by atoms with Gasteiger partial charge in [-0.05, 0) is 36.2 Å². The highest BCUT2D eigenvalue weighted by molar-refractivity contribution is 5.69. The van der Waals surface area contributed by atoms with Crippen LogP contribution in [0.3, 0.4) is 0 Å². The number of carbonyl (C=O) groups excluding carboxylic acids is 1. The van der Waals surface area contributed by atoms with Gasteiger partial charge in [0.2, 0.25) is 0 Å². The third-order valence-corrected chi connectivity index (χ3v) is 5.64. The Kier molecular flexibility index (Phi) is 5.49. The van der Waals surface area contributed by atoms with Crippen molar-refractivity contribution in [2.75, 3.05) is 25.6 Å². The number of ether oxygens (including phenoxy) is 2. The molecule has 4 nitrogen and oxygen atoms in total. The quantitative estimate of drug-likeness (QED) is 0.440. The molecule has 154 valence electrons. The van der Waals surface area contributed by atoms with E-state index in [0.29, 0.717) is 12.4 Å². The Bertz CT molecular complexity index is 1060. The summed E-state index contributed by atoms with van der Waals surface area (Å²) in [5, 5.41) is 0. The van der Waals surface area contributed by atoms with E-state index in [1.54, 1.807) is 0 Å². The largest absolute Gasteiger partial charge is 0.492 e. The van der Waals surface area contributed by atoms with E-state index in [9.17, 15) is 4.79 Å². The summed E-state index contributed by atoms with van der Waals surface area (Å²) in [6.45, 7) is 4.09. The van der Waals surface area contributed by atoms with Crippen LogP contribution in [0.25, 0.3) is 0 Å². The van der Waals surface area contributed by atoms with E-state index in [0.717, 1.165) is 11.3 Å². The predicted molar refractivity (Wildman–Crippen MR) is 120 cm³/mol. The van der Waals surface area contributed by atoms with Gasteiger partial charge in [0.25, 0.3) is 0 Å². The summed E-state index contributed by atoms with van der Waals surface area (Å²) < 4.78 is 11.4. The maximum atomic E-state index is 11.4. The van der Waals surface area contributed by atoms with Crippen LogP contribution in [-0.4, -0.2) is 26.7 Å². The summed E-state index contributed by atoms with van der Waals surface area (Å²) in [5.74, 6) is 1.30. The second-order valence-electron chi connectivity index (χ2n) is 8.09. The van der Waals surface area contributed by atoms with Crippen molar-refractivity contribution in [3.8, 4) is 11.5 Å². The Balaban J connectivity index is 1.80. The molecule has 30 heavy (non-hydrogen) atoms. The molecule has 2 atom stereocenters. The lowest BCUT2D eigenvalue weighted by Crippen LogP contribution is -2.25. The smallest absolute Gasteiger partial charge is 0.308 e. The molecule has 0 N–H and O–H groups in total. The molecule has 0 fully saturated rings. The van der Waals surface area contributed by atoms with Crippen molar-refractivity contribution >= 4 is 11.7 Å². The molecular weight excluding hydrogens is 374 g/mol. The molecule has 0 saturated carbocycles. The van der Waals surface area contributed by atoms with Crippen LogP contribution in [0.4, 0.5) is 5.69 Å². The molecule has 2 unspecified atom stereocenters. The SMILES string of the molecule is CC(=O)Oc1ccc2c(c1)OCC(c1cccc(C)c1)C2c1ccc(N(C)C)cc1. The van der Waals surface area contributed by atoms with Gasteiger partial charge in [-0.15, -0.1) is 0 Å². The summed E-state index contributed by atoms with van der Waals surface area (Å²) in [7, 11) is 4.09. The van der Waals surface area contributed by atoms with Gasteiger partial charge in [0, 0.05) is 50.2 Å². The molecule has 1 heterocycles. The molecule has 0 spiro atoms. The number of nitrogens with zero attached hydrogens (tertiary/aromatic N) is 1. The zero-order valence-electron chi connectivity index (χ0n) is 17.9. The maximum absolute atomic E-state index is 11.4. The number of anilines is 1. The Morgan fingerprint density at radius 2 is 1.77 bits per heavy atom. The van der Waals surface area contributed by atoms with Crippen molar-refractivity contribution in [2.24, 2.45) is 0 Å². The molecule has 3 aromatic carbocycles. The second-order valence-corrected chi connectivity index (χ2v) is 8.09. The Labute approximate surface area is 178 Å². The average Bonchev–Trinajstić information content (AvgIpc) is 2.72. The van der Waals surface area contributed by atoms with Crippen molar-refractivity contribution in [3.05, 3.63) is 89.0 Å². The third-order valence-electron chi connectivity index (χ3n) is 5.64. The number of rotatable bonds is 4. The fourth-order valence-corrected chi connectivity index (χ4v) is 4.20. The summed E-state index contributed by atoms with van der Waals surface area (Å²) >= 11 is 0. The van der Waals surface area contributed by atoms with E-state index in [1.165, 1.54) is 29.3 Å². The van der Waals surface area contributed by atoms with Gasteiger partial charge in [-0.25, -0.2) is 0 Å². The van der Waals surface area contributed by atoms with Crippen LogP contribution in [0.2, 0.25) is 0 Å². The van der Waals surface area contributed by atoms with Crippen LogP contribution in [0.15, 0.2) is 66.7 Å². The van der Waals surface area contributed by atoms with Crippen molar-refractivity contribution in [1.29, 1.82) is 0 Å². The fraction of sp³-hybridized carbons (Fsp3) is 0.269. The highest BCUT2D eigenvalue weighted by Gasteiger charge is 2.33. The Morgan fingerprint density at radius 3 is 2.43 bits per heavy atom. The zero-order chi connectivity index (χ0) is 21.3. The third kappa shape index (κ3) is 4.04. The second kappa shape index (κ2) is 8.23. The minimum atomic E-state index is -0.334. The molecule has 3 aromatic rings. The lowest BCUT2D eigenvalue weighted by Gasteiger charge is -2.35. The van der Waals surface area contributed by atoms with Crippen LogP contribution in [0.5, 0.6) is 11.5 Å². The highest BCUT2D eigenvalue weighted by Crippen LogP contribution is 2.47. The number of fused-ring (bicyclic) bond motifs is 1. The van der Waals surface area contributed by atoms with Crippen molar-refractivity contribution in [3.63, 3.8) is 0 Å². The minimum Gasteiger partial charge on any atom is -0.492 e. The van der Waals surface area contributed by atoms with Gasteiger partial charge in [-0.2, -0.15) is 0 Å². The summed E-state index contributed by atoms with van der Waals surface area (Å²) in [5.41, 5.74) is 6.04. The van der Waals surface area contributed by atoms with Gasteiger partial charge in [-0.3, -0.25) is 4.79 Å². The van der Waals surface area contributed by atoms with Crippen LogP contribution in [0, 0.1) is 6.92 Å². The average molecular weight is 402 g/mol. The van der Waals surface area contributed by atoms with Crippen molar-refractivity contribution in [2.45, 2.75) is 25.7 Å². The van der Waals surface area contributed by atoms with Gasteiger partial charge in [0.15, 0.2) is 0 Å². The van der Waals surface area contributed by atoms with Crippen LogP contribution < -0.4 is 14.4 Å². The number of benzene rings is 3. The van der Waals surface area contributed by atoms with Gasteiger partial charge in [-0.1, -0.05) is 48.0 Å². The van der Waals surface area contributed by atoms with E-state index in [4.69, 9.17) is 9.47 Å². The topological polar surface area (TPSA) is 38.8 Å². The van der Waals surface area contributed by atoms with Crippen molar-refractivity contribution in [1.82, 2.24) is 0 Å². The molecular formula is C26H27NO3. The normalized spacial score (nSPS) is 17.6. The summed E-state index contributed by atoms with van der Waals surface area (Å²) in [6, 6.07) is 23.1. The first-order chi connectivity index (χ1) is 14.4. The summed E-state index contributed by atoms with van der Waals surface area (Å²) in [6.07, 6.45) is 0. The molecule has 1 aliphatic rings. The molecule has 0 bridgehead atoms. The Morgan fingerprint density at radius 1 is 1.00 bits per heavy atom. The molecule has 0 radical (unpaired) electrons. The number of esters is 1. The van der Waals surface area contributed by atoms with E-state index in [2.05, 4.69) is 60.4 Å². The first-order valence-corrected chi connectivity index (χ1v) is 10.2. The van der Waals surface area contributed by atoms with Crippen LogP contribution >= 0.6 is 0 Å². The van der Waals surface area contributed by atoms with E-state index in [-0.39, 0.29) is 17.8 Å². The molecule has 4 rings (SSSR count). The van der Waals surface area contributed by atoms with E-state index >= 15 is 0 Å². The van der Waals surface area contributed by atoms with Crippen LogP contribution in [0.1, 0.15) is 41.0 Å². The highest BCUT2D eigenvalue weighted by atomic mass is 16.5. The molecule has 0 aromatic heterocycles.